The van der Waals surface area contributed by atoms with E-state index >= 15 is 0 Å². The summed E-state index contributed by atoms with van der Waals surface area (Å²) >= 11 is 5.82. The van der Waals surface area contributed by atoms with Crippen LogP contribution in [0.4, 0.5) is 11.4 Å². The van der Waals surface area contributed by atoms with Gasteiger partial charge in [0.25, 0.3) is 5.69 Å². The third-order valence-electron chi connectivity index (χ3n) is 2.53. The summed E-state index contributed by atoms with van der Waals surface area (Å²) in [6.45, 7) is 0. The van der Waals surface area contributed by atoms with Crippen molar-refractivity contribution in [2.75, 3.05) is 5.32 Å². The molecule has 1 heterocycles. The number of nitro benzene ring substituents is 1. The van der Waals surface area contributed by atoms with E-state index < -0.39 is 10.8 Å². The highest BCUT2D eigenvalue weighted by Crippen LogP contribution is 2.18. The van der Waals surface area contributed by atoms with Crippen molar-refractivity contribution in [3.05, 3.63) is 69.5 Å². The van der Waals surface area contributed by atoms with Crippen molar-refractivity contribution in [1.29, 1.82) is 0 Å². The first-order valence-electron chi connectivity index (χ1n) is 5.90. The molecule has 0 saturated carbocycles. The van der Waals surface area contributed by atoms with Crippen LogP contribution in [0.25, 0.3) is 6.08 Å². The molecule has 0 atom stereocenters. The monoisotopic (exact) mass is 303 g/mol. The van der Waals surface area contributed by atoms with Gasteiger partial charge in [0.05, 0.1) is 10.6 Å². The minimum absolute atomic E-state index is 0.0344. The summed E-state index contributed by atoms with van der Waals surface area (Å²) in [6, 6.07) is 9.23. The molecule has 1 aromatic carbocycles. The Hall–Kier alpha value is -2.73. The van der Waals surface area contributed by atoms with E-state index in [-0.39, 0.29) is 10.8 Å². The van der Waals surface area contributed by atoms with Crippen LogP contribution in [0.5, 0.6) is 0 Å². The Morgan fingerprint density at radius 2 is 2.14 bits per heavy atom. The highest BCUT2D eigenvalue weighted by Gasteiger charge is 2.05. The van der Waals surface area contributed by atoms with Crippen molar-refractivity contribution in [3.8, 4) is 0 Å². The number of carbonyl (C=O) groups excluding carboxylic acids is 1. The zero-order valence-corrected chi connectivity index (χ0v) is 11.4. The van der Waals surface area contributed by atoms with Gasteiger partial charge < -0.3 is 5.32 Å². The number of hydrogen-bond acceptors (Lipinski definition) is 4. The lowest BCUT2D eigenvalue weighted by Crippen LogP contribution is -2.08. The second-order valence-electron chi connectivity index (χ2n) is 4.02. The van der Waals surface area contributed by atoms with E-state index in [2.05, 4.69) is 10.3 Å². The van der Waals surface area contributed by atoms with Gasteiger partial charge in [-0.15, -0.1) is 0 Å². The Morgan fingerprint density at radius 3 is 2.86 bits per heavy atom. The summed E-state index contributed by atoms with van der Waals surface area (Å²) in [4.78, 5) is 25.7. The summed E-state index contributed by atoms with van der Waals surface area (Å²) in [7, 11) is 0. The van der Waals surface area contributed by atoms with E-state index in [0.29, 0.717) is 11.3 Å². The van der Waals surface area contributed by atoms with Crippen molar-refractivity contribution in [1.82, 2.24) is 4.98 Å². The van der Waals surface area contributed by atoms with Crippen LogP contribution >= 0.6 is 11.6 Å². The average molecular weight is 304 g/mol. The molecule has 1 amide bonds. The number of non-ortho nitro benzene ring substituents is 1. The quantitative estimate of drug-likeness (QED) is 0.406. The number of nitro groups is 1. The van der Waals surface area contributed by atoms with Crippen molar-refractivity contribution >= 4 is 35.0 Å². The number of hydrogen-bond donors (Lipinski definition) is 1. The first-order valence-corrected chi connectivity index (χ1v) is 6.28. The summed E-state index contributed by atoms with van der Waals surface area (Å²) < 4.78 is 0. The Morgan fingerprint density at radius 1 is 1.33 bits per heavy atom. The van der Waals surface area contributed by atoms with Crippen molar-refractivity contribution < 1.29 is 9.72 Å². The van der Waals surface area contributed by atoms with Crippen molar-refractivity contribution in [3.63, 3.8) is 0 Å². The Labute approximate surface area is 125 Å². The van der Waals surface area contributed by atoms with Gasteiger partial charge in [0.2, 0.25) is 5.91 Å². The number of anilines is 1. The van der Waals surface area contributed by atoms with Crippen LogP contribution in [-0.4, -0.2) is 15.8 Å². The lowest BCUT2D eigenvalue weighted by molar-refractivity contribution is -0.384. The van der Waals surface area contributed by atoms with Crippen LogP contribution < -0.4 is 5.32 Å². The zero-order valence-electron chi connectivity index (χ0n) is 10.7. The smallest absolute Gasteiger partial charge is 0.270 e. The van der Waals surface area contributed by atoms with Gasteiger partial charge in [-0.3, -0.25) is 14.9 Å². The fourth-order valence-corrected chi connectivity index (χ4v) is 1.73. The van der Waals surface area contributed by atoms with Crippen molar-refractivity contribution in [2.45, 2.75) is 0 Å². The molecule has 0 saturated heterocycles. The third-order valence-corrected chi connectivity index (χ3v) is 2.83. The highest BCUT2D eigenvalue weighted by molar-refractivity contribution is 6.32. The van der Waals surface area contributed by atoms with Gasteiger partial charge in [0.1, 0.15) is 0 Å². The molecule has 0 aliphatic carbocycles. The molecular weight excluding hydrogens is 294 g/mol. The van der Waals surface area contributed by atoms with E-state index in [9.17, 15) is 14.9 Å². The maximum atomic E-state index is 11.7. The second kappa shape index (κ2) is 6.62. The topological polar surface area (TPSA) is 85.1 Å². The van der Waals surface area contributed by atoms with E-state index in [1.54, 1.807) is 24.3 Å². The standard InChI is InChI=1S/C14H10ClN3O3/c15-14-12(5-2-8-16-14)17-13(19)7-6-10-3-1-4-11(9-10)18(20)21/h1-9H,(H,17,19)/b7-6+. The molecule has 0 unspecified atom stereocenters. The maximum absolute atomic E-state index is 11.7. The van der Waals surface area contributed by atoms with Gasteiger partial charge in [0.15, 0.2) is 5.15 Å². The molecule has 0 aliphatic rings. The molecule has 2 rings (SSSR count). The minimum Gasteiger partial charge on any atom is -0.320 e. The number of nitrogens with one attached hydrogen (secondary N) is 1. The Bertz CT molecular complexity index is 716. The van der Waals surface area contributed by atoms with Gasteiger partial charge in [-0.2, -0.15) is 0 Å². The van der Waals surface area contributed by atoms with Crippen molar-refractivity contribution in [2.24, 2.45) is 0 Å². The summed E-state index contributed by atoms with van der Waals surface area (Å²) in [5, 5.41) is 13.4. The maximum Gasteiger partial charge on any atom is 0.270 e. The first kappa shape index (κ1) is 14.7. The van der Waals surface area contributed by atoms with Gasteiger partial charge in [-0.1, -0.05) is 23.7 Å². The number of halogens is 1. The van der Waals surface area contributed by atoms with Crippen LogP contribution in [0.1, 0.15) is 5.56 Å². The highest BCUT2D eigenvalue weighted by atomic mass is 35.5. The van der Waals surface area contributed by atoms with E-state index in [4.69, 9.17) is 11.6 Å². The minimum atomic E-state index is -0.493. The van der Waals surface area contributed by atoms with Crippen LogP contribution in [0.15, 0.2) is 48.7 Å². The molecule has 6 nitrogen and oxygen atoms in total. The van der Waals surface area contributed by atoms with Crippen LogP contribution in [0.3, 0.4) is 0 Å². The third kappa shape index (κ3) is 4.12. The number of amides is 1. The molecule has 0 fully saturated rings. The summed E-state index contributed by atoms with van der Waals surface area (Å²) in [5.74, 6) is -0.406. The van der Waals surface area contributed by atoms with E-state index in [1.165, 1.54) is 30.5 Å². The molecule has 1 aromatic heterocycles. The van der Waals surface area contributed by atoms with Crippen LogP contribution in [0, 0.1) is 10.1 Å². The molecule has 0 radical (unpaired) electrons. The fourth-order valence-electron chi connectivity index (χ4n) is 1.57. The van der Waals surface area contributed by atoms with Gasteiger partial charge in [-0.05, 0) is 23.8 Å². The summed E-state index contributed by atoms with van der Waals surface area (Å²) in [6.07, 6.45) is 4.26. The fraction of sp³-hybridized carbons (Fsp3) is 0. The number of aromatic nitrogens is 1. The predicted molar refractivity (Wildman–Crippen MR) is 80.0 cm³/mol. The average Bonchev–Trinajstić information content (AvgIpc) is 2.48. The molecule has 2 aromatic rings. The lowest BCUT2D eigenvalue weighted by atomic mass is 10.2. The zero-order chi connectivity index (χ0) is 15.2. The number of carbonyl (C=O) groups is 1. The van der Waals surface area contributed by atoms with Crippen LogP contribution in [-0.2, 0) is 4.79 Å². The first-order chi connectivity index (χ1) is 10.1. The van der Waals surface area contributed by atoms with Crippen LogP contribution in [0.2, 0.25) is 5.15 Å². The largest absolute Gasteiger partial charge is 0.320 e. The Balaban J connectivity index is 2.07. The van der Waals surface area contributed by atoms with Gasteiger partial charge in [0, 0.05) is 24.4 Å². The predicted octanol–water partition coefficient (Wildman–Crippen LogP) is 3.30. The molecule has 0 aliphatic heterocycles. The lowest BCUT2D eigenvalue weighted by Gasteiger charge is -2.02. The number of pyridine rings is 1. The molecule has 21 heavy (non-hydrogen) atoms. The normalized spacial score (nSPS) is 10.5. The number of nitrogens with zero attached hydrogens (tertiary/aromatic N) is 2. The molecule has 0 bridgehead atoms. The SMILES string of the molecule is O=C(/C=C/c1cccc([N+](=O)[O-])c1)Nc1cccnc1Cl. The van der Waals surface area contributed by atoms with E-state index in [1.807, 2.05) is 0 Å². The molecular formula is C14H10ClN3O3. The molecule has 7 heteroatoms. The van der Waals surface area contributed by atoms with Gasteiger partial charge >= 0.3 is 0 Å². The molecule has 1 N–H and O–H groups in total. The molecule has 106 valence electrons. The number of benzene rings is 1. The number of rotatable bonds is 4. The van der Waals surface area contributed by atoms with E-state index in [0.717, 1.165) is 0 Å². The summed E-state index contributed by atoms with van der Waals surface area (Å²) in [5.41, 5.74) is 0.914. The Kier molecular flexibility index (Phi) is 4.63. The van der Waals surface area contributed by atoms with Gasteiger partial charge in [-0.25, -0.2) is 4.98 Å². The second-order valence-corrected chi connectivity index (χ2v) is 4.37. The molecule has 0 spiro atoms.